The predicted molar refractivity (Wildman–Crippen MR) is 105 cm³/mol. The summed E-state index contributed by atoms with van der Waals surface area (Å²) in [6.07, 6.45) is -1.39. The third-order valence-corrected chi connectivity index (χ3v) is 5.15. The van der Waals surface area contributed by atoms with Crippen LogP contribution in [0.25, 0.3) is 11.3 Å². The first-order valence-electron chi connectivity index (χ1n) is 8.98. The molecule has 1 aliphatic rings. The highest BCUT2D eigenvalue weighted by Crippen LogP contribution is 2.44. The molecule has 0 fully saturated rings. The molecule has 10 heteroatoms. The number of thioether (sulfide) groups is 1. The van der Waals surface area contributed by atoms with Crippen molar-refractivity contribution in [1.29, 1.82) is 0 Å². The molecule has 154 valence electrons. The Balaban J connectivity index is 2.00. The van der Waals surface area contributed by atoms with Crippen LogP contribution in [0, 0.1) is 17.5 Å². The van der Waals surface area contributed by atoms with Gasteiger partial charge < -0.3 is 4.74 Å². The quantitative estimate of drug-likeness (QED) is 0.568. The summed E-state index contributed by atoms with van der Waals surface area (Å²) in [5, 5.41) is 8.42. The first kappa shape index (κ1) is 20.1. The Morgan fingerprint density at radius 2 is 2.00 bits per heavy atom. The minimum Gasteiger partial charge on any atom is -0.447 e. The molecular weight excluding hydrogens is 417 g/mol. The molecule has 6 nitrogen and oxygen atoms in total. The lowest BCUT2D eigenvalue weighted by molar-refractivity contribution is -0.118. The topological polar surface area (TPSA) is 68.2 Å². The molecule has 4 rings (SSSR count). The van der Waals surface area contributed by atoms with Gasteiger partial charge in [0.2, 0.25) is 23.2 Å². The zero-order valence-electron chi connectivity index (χ0n) is 15.9. The number of hydrogen-bond donors (Lipinski definition) is 0. The van der Waals surface area contributed by atoms with Gasteiger partial charge in [-0.25, -0.2) is 13.2 Å². The average molecular weight is 432 g/mol. The van der Waals surface area contributed by atoms with Crippen molar-refractivity contribution in [2.45, 2.75) is 25.2 Å². The Morgan fingerprint density at radius 1 is 1.20 bits per heavy atom. The lowest BCUT2D eigenvalue weighted by atomic mass is 10.1. The number of carbonyl (C=O) groups is 1. The Morgan fingerprint density at radius 3 is 2.73 bits per heavy atom. The standard InChI is InChI=1S/C20H15F3N4O2S/c1-3-30-20-24-18-17(25-26-20)13-9-11(21)7-8-15(13)27(10(2)28)19(29-18)12-5-4-6-14(22)16(12)23/h4-9,19H,3H2,1-2H3/t19-/m0/s1. The van der Waals surface area contributed by atoms with Gasteiger partial charge in [0, 0.05) is 12.5 Å². The van der Waals surface area contributed by atoms with E-state index in [1.807, 2.05) is 6.92 Å². The average Bonchev–Trinajstić information content (AvgIpc) is 2.84. The maximum Gasteiger partial charge on any atom is 0.247 e. The largest absolute Gasteiger partial charge is 0.447 e. The van der Waals surface area contributed by atoms with Gasteiger partial charge in [-0.15, -0.1) is 10.2 Å². The normalized spacial score (nSPS) is 15.1. The number of halogens is 3. The molecule has 1 aliphatic heterocycles. The van der Waals surface area contributed by atoms with E-state index in [-0.39, 0.29) is 28.4 Å². The van der Waals surface area contributed by atoms with Crippen molar-refractivity contribution in [2.24, 2.45) is 0 Å². The number of rotatable bonds is 3. The van der Waals surface area contributed by atoms with Crippen molar-refractivity contribution in [3.8, 4) is 17.1 Å². The fourth-order valence-corrected chi connectivity index (χ4v) is 3.68. The third-order valence-electron chi connectivity index (χ3n) is 4.43. The van der Waals surface area contributed by atoms with E-state index >= 15 is 0 Å². The molecule has 0 radical (unpaired) electrons. The van der Waals surface area contributed by atoms with Crippen LogP contribution in [0.2, 0.25) is 0 Å². The zero-order chi connectivity index (χ0) is 21.4. The molecule has 0 bridgehead atoms. The number of aromatic nitrogens is 3. The van der Waals surface area contributed by atoms with E-state index < -0.39 is 29.6 Å². The van der Waals surface area contributed by atoms with Gasteiger partial charge in [0.25, 0.3) is 0 Å². The summed E-state index contributed by atoms with van der Waals surface area (Å²) in [6, 6.07) is 7.25. The van der Waals surface area contributed by atoms with Gasteiger partial charge >= 0.3 is 0 Å². The number of benzene rings is 2. The number of fused-ring (bicyclic) bond motifs is 3. The lowest BCUT2D eigenvalue weighted by Gasteiger charge is -2.30. The molecule has 2 aromatic carbocycles. The first-order valence-corrected chi connectivity index (χ1v) is 9.97. The molecule has 0 spiro atoms. The van der Waals surface area contributed by atoms with Crippen molar-refractivity contribution in [3.63, 3.8) is 0 Å². The van der Waals surface area contributed by atoms with Crippen LogP contribution in [0.5, 0.6) is 5.88 Å². The van der Waals surface area contributed by atoms with Crippen LogP contribution in [-0.4, -0.2) is 26.8 Å². The van der Waals surface area contributed by atoms with E-state index in [0.29, 0.717) is 10.9 Å². The second-order valence-electron chi connectivity index (χ2n) is 6.34. The molecule has 0 N–H and O–H groups in total. The molecule has 2 heterocycles. The third kappa shape index (κ3) is 3.47. The van der Waals surface area contributed by atoms with E-state index in [1.54, 1.807) is 0 Å². The van der Waals surface area contributed by atoms with Crippen molar-refractivity contribution in [3.05, 3.63) is 59.4 Å². The summed E-state index contributed by atoms with van der Waals surface area (Å²) in [6.45, 7) is 3.14. The SMILES string of the molecule is CCSc1nnc2c(n1)O[C@@H](c1cccc(F)c1F)N(C(C)=O)c1ccc(F)cc1-2. The Labute approximate surface area is 174 Å². The summed E-state index contributed by atoms with van der Waals surface area (Å²) >= 11 is 1.30. The van der Waals surface area contributed by atoms with Crippen LogP contribution < -0.4 is 9.64 Å². The van der Waals surface area contributed by atoms with Crippen molar-refractivity contribution < 1.29 is 22.7 Å². The summed E-state index contributed by atoms with van der Waals surface area (Å²) in [5.41, 5.74) is 0.294. The number of nitrogens with zero attached hydrogens (tertiary/aromatic N) is 4. The predicted octanol–water partition coefficient (Wildman–Crippen LogP) is 4.51. The van der Waals surface area contributed by atoms with Gasteiger partial charge in [-0.05, 0) is 30.0 Å². The lowest BCUT2D eigenvalue weighted by Crippen LogP contribution is -2.36. The number of amides is 1. The van der Waals surface area contributed by atoms with Crippen molar-refractivity contribution in [1.82, 2.24) is 15.2 Å². The Kier molecular flexibility index (Phi) is 5.33. The fraction of sp³-hybridized carbons (Fsp3) is 0.200. The molecule has 1 amide bonds. The summed E-state index contributed by atoms with van der Waals surface area (Å²) in [7, 11) is 0. The number of carbonyl (C=O) groups excluding carboxylic acids is 1. The number of anilines is 1. The smallest absolute Gasteiger partial charge is 0.247 e. The maximum atomic E-state index is 14.7. The highest BCUT2D eigenvalue weighted by Gasteiger charge is 2.36. The molecule has 1 aromatic heterocycles. The number of ether oxygens (including phenoxy) is 1. The molecular formula is C20H15F3N4O2S. The minimum absolute atomic E-state index is 0.0646. The van der Waals surface area contributed by atoms with Gasteiger partial charge in [-0.2, -0.15) is 4.98 Å². The molecule has 0 saturated heterocycles. The van der Waals surface area contributed by atoms with Crippen molar-refractivity contribution in [2.75, 3.05) is 10.7 Å². The van der Waals surface area contributed by atoms with Crippen LogP contribution in [0.15, 0.2) is 41.6 Å². The van der Waals surface area contributed by atoms with Gasteiger partial charge in [-0.3, -0.25) is 9.69 Å². The van der Waals surface area contributed by atoms with E-state index in [9.17, 15) is 18.0 Å². The van der Waals surface area contributed by atoms with E-state index in [0.717, 1.165) is 17.0 Å². The molecule has 0 unspecified atom stereocenters. The monoisotopic (exact) mass is 432 g/mol. The first-order chi connectivity index (χ1) is 14.4. The highest BCUT2D eigenvalue weighted by atomic mass is 32.2. The van der Waals surface area contributed by atoms with E-state index in [4.69, 9.17) is 4.74 Å². The summed E-state index contributed by atoms with van der Waals surface area (Å²) in [4.78, 5) is 18.0. The Hall–Kier alpha value is -3.14. The second-order valence-corrected chi connectivity index (χ2v) is 7.58. The molecule has 0 aliphatic carbocycles. The van der Waals surface area contributed by atoms with Crippen LogP contribution in [0.3, 0.4) is 0 Å². The maximum absolute atomic E-state index is 14.7. The highest BCUT2D eigenvalue weighted by molar-refractivity contribution is 7.99. The molecule has 1 atom stereocenters. The summed E-state index contributed by atoms with van der Waals surface area (Å²) < 4.78 is 48.6. The van der Waals surface area contributed by atoms with Crippen LogP contribution in [0.4, 0.5) is 18.9 Å². The van der Waals surface area contributed by atoms with Gasteiger partial charge in [0.15, 0.2) is 17.3 Å². The molecule has 3 aromatic rings. The van der Waals surface area contributed by atoms with Gasteiger partial charge in [0.05, 0.1) is 11.3 Å². The van der Waals surface area contributed by atoms with Crippen LogP contribution in [-0.2, 0) is 4.79 Å². The molecule has 30 heavy (non-hydrogen) atoms. The number of hydrogen-bond acceptors (Lipinski definition) is 6. The summed E-state index contributed by atoms with van der Waals surface area (Å²) in [5.74, 6) is -2.76. The van der Waals surface area contributed by atoms with Gasteiger partial charge in [-0.1, -0.05) is 30.8 Å². The van der Waals surface area contributed by atoms with Gasteiger partial charge in [0.1, 0.15) is 5.82 Å². The van der Waals surface area contributed by atoms with Crippen LogP contribution in [0.1, 0.15) is 25.6 Å². The molecule has 0 saturated carbocycles. The van der Waals surface area contributed by atoms with E-state index in [2.05, 4.69) is 15.2 Å². The van der Waals surface area contributed by atoms with Crippen molar-refractivity contribution >= 4 is 23.4 Å². The Bertz CT molecular complexity index is 1150. The zero-order valence-corrected chi connectivity index (χ0v) is 16.7. The van der Waals surface area contributed by atoms with E-state index in [1.165, 1.54) is 43.0 Å². The second kappa shape index (κ2) is 7.94. The van der Waals surface area contributed by atoms with Crippen LogP contribution >= 0.6 is 11.8 Å². The fourth-order valence-electron chi connectivity index (χ4n) is 3.18. The minimum atomic E-state index is -1.39.